The summed E-state index contributed by atoms with van der Waals surface area (Å²) in [4.78, 5) is 18.2. The van der Waals surface area contributed by atoms with Gasteiger partial charge in [0, 0.05) is 0 Å². The van der Waals surface area contributed by atoms with Crippen molar-refractivity contribution in [3.8, 4) is 0 Å². The molecule has 16 heavy (non-hydrogen) atoms. The third-order valence-electron chi connectivity index (χ3n) is 2.74. The molecule has 2 N–H and O–H groups in total. The van der Waals surface area contributed by atoms with Crippen molar-refractivity contribution in [3.63, 3.8) is 0 Å². The second-order valence-electron chi connectivity index (χ2n) is 7.11. The predicted octanol–water partition coefficient (Wildman–Crippen LogP) is 3.88. The monoisotopic (exact) mass is 266 g/mol. The molecule has 0 aromatic heterocycles. The Morgan fingerprint density at radius 2 is 1.25 bits per heavy atom. The standard InChI is InChI=1S/C11H27O3PSi/c1-10(2,3)9(11(4,5)6)16(7,8)14-15(12)13/h9,12-13H,1-8H3. The van der Waals surface area contributed by atoms with Crippen molar-refractivity contribution in [1.29, 1.82) is 0 Å². The van der Waals surface area contributed by atoms with Gasteiger partial charge in [-0.1, -0.05) is 41.5 Å². The second kappa shape index (κ2) is 5.03. The fourth-order valence-corrected chi connectivity index (χ4v) is 9.92. The highest BCUT2D eigenvalue weighted by Crippen LogP contribution is 2.53. The van der Waals surface area contributed by atoms with Crippen molar-refractivity contribution >= 4 is 16.9 Å². The van der Waals surface area contributed by atoms with Crippen LogP contribution < -0.4 is 0 Å². The lowest BCUT2D eigenvalue weighted by atomic mass is 9.77. The van der Waals surface area contributed by atoms with Gasteiger partial charge in [0.1, 0.15) is 0 Å². The minimum atomic E-state index is -2.25. The third-order valence-corrected chi connectivity index (χ3v) is 8.40. The molecule has 0 bridgehead atoms. The molecule has 0 aliphatic rings. The maximum atomic E-state index is 9.10. The van der Waals surface area contributed by atoms with Gasteiger partial charge in [-0.05, 0) is 29.5 Å². The van der Waals surface area contributed by atoms with Crippen LogP contribution in [0.4, 0.5) is 0 Å². The van der Waals surface area contributed by atoms with Crippen LogP contribution in [0.25, 0.3) is 0 Å². The summed E-state index contributed by atoms with van der Waals surface area (Å²) in [5.74, 6) is 0. The van der Waals surface area contributed by atoms with Gasteiger partial charge in [0.25, 0.3) is 0 Å². The molecule has 0 aliphatic carbocycles. The van der Waals surface area contributed by atoms with Crippen molar-refractivity contribution < 1.29 is 14.0 Å². The first-order valence-corrected chi connectivity index (χ1v) is 9.80. The minimum Gasteiger partial charge on any atom is -0.354 e. The molecule has 0 radical (unpaired) electrons. The number of hydrogen-bond acceptors (Lipinski definition) is 3. The smallest absolute Gasteiger partial charge is 0.316 e. The zero-order chi connectivity index (χ0) is 13.4. The summed E-state index contributed by atoms with van der Waals surface area (Å²) in [5, 5.41) is 0. The number of hydrogen-bond donors (Lipinski definition) is 2. The van der Waals surface area contributed by atoms with Gasteiger partial charge >= 0.3 is 8.60 Å². The van der Waals surface area contributed by atoms with Crippen LogP contribution in [0.1, 0.15) is 41.5 Å². The quantitative estimate of drug-likeness (QED) is 0.602. The van der Waals surface area contributed by atoms with Crippen LogP contribution in [0.5, 0.6) is 0 Å². The summed E-state index contributed by atoms with van der Waals surface area (Å²) in [5.41, 5.74) is 0.537. The first-order chi connectivity index (χ1) is 6.78. The Morgan fingerprint density at radius 3 is 1.44 bits per heavy atom. The minimum absolute atomic E-state index is 0.0965. The van der Waals surface area contributed by atoms with Gasteiger partial charge < -0.3 is 14.0 Å². The molecule has 0 saturated heterocycles. The molecule has 0 spiro atoms. The largest absolute Gasteiger partial charge is 0.354 e. The first kappa shape index (κ1) is 16.5. The van der Waals surface area contributed by atoms with Crippen molar-refractivity contribution in [1.82, 2.24) is 0 Å². The molecular weight excluding hydrogens is 239 g/mol. The maximum Gasteiger partial charge on any atom is 0.316 e. The summed E-state index contributed by atoms with van der Waals surface area (Å²) in [7, 11) is -4.39. The summed E-state index contributed by atoms with van der Waals surface area (Å²) in [6, 6.07) is 0. The van der Waals surface area contributed by atoms with Crippen molar-refractivity contribution in [2.24, 2.45) is 10.8 Å². The van der Waals surface area contributed by atoms with E-state index in [0.29, 0.717) is 5.54 Å². The zero-order valence-corrected chi connectivity index (χ0v) is 13.7. The molecule has 0 unspecified atom stereocenters. The maximum absolute atomic E-state index is 9.10. The summed E-state index contributed by atoms with van der Waals surface area (Å²) >= 11 is 0. The Morgan fingerprint density at radius 1 is 0.938 bits per heavy atom. The van der Waals surface area contributed by atoms with Gasteiger partial charge in [-0.25, -0.2) is 0 Å². The van der Waals surface area contributed by atoms with Gasteiger partial charge in [0.05, 0.1) is 0 Å². The van der Waals surface area contributed by atoms with E-state index in [-0.39, 0.29) is 10.8 Å². The van der Waals surface area contributed by atoms with Crippen LogP contribution in [-0.2, 0) is 4.21 Å². The molecular formula is C11H27O3PSi. The predicted molar refractivity (Wildman–Crippen MR) is 72.6 cm³/mol. The highest BCUT2D eigenvalue weighted by atomic mass is 31.2. The molecule has 0 fully saturated rings. The average molecular weight is 266 g/mol. The Labute approximate surface area is 102 Å². The van der Waals surface area contributed by atoms with Crippen LogP contribution in [0.2, 0.25) is 18.6 Å². The Kier molecular flexibility index (Phi) is 5.19. The van der Waals surface area contributed by atoms with Gasteiger partial charge in [-0.3, -0.25) is 0 Å². The van der Waals surface area contributed by atoms with Gasteiger partial charge in [-0.2, -0.15) is 0 Å². The van der Waals surface area contributed by atoms with Crippen LogP contribution in [0.15, 0.2) is 0 Å². The average Bonchev–Trinajstić information content (AvgIpc) is 1.70. The first-order valence-electron chi connectivity index (χ1n) is 5.65. The Bertz CT molecular complexity index is 214. The van der Waals surface area contributed by atoms with Gasteiger partial charge in [-0.15, -0.1) is 0 Å². The van der Waals surface area contributed by atoms with E-state index in [1.165, 1.54) is 0 Å². The highest BCUT2D eigenvalue weighted by molar-refractivity contribution is 7.41. The van der Waals surface area contributed by atoms with E-state index in [0.717, 1.165) is 0 Å². The molecule has 5 heteroatoms. The topological polar surface area (TPSA) is 49.7 Å². The van der Waals surface area contributed by atoms with E-state index < -0.39 is 16.9 Å². The van der Waals surface area contributed by atoms with Crippen LogP contribution >= 0.6 is 8.60 Å². The summed E-state index contributed by atoms with van der Waals surface area (Å²) in [6.45, 7) is 17.3. The number of rotatable bonds is 3. The Balaban J connectivity index is 5.20. The van der Waals surface area contributed by atoms with Crippen LogP contribution in [-0.4, -0.2) is 18.1 Å². The molecule has 0 heterocycles. The SMILES string of the molecule is CC(C)(C)C(C(C)(C)C)[Si](C)(C)OP(O)O. The normalized spacial score (nSPS) is 15.0. The molecule has 98 valence electrons. The van der Waals surface area contributed by atoms with Crippen LogP contribution in [0, 0.1) is 10.8 Å². The molecule has 0 saturated carbocycles. The van der Waals surface area contributed by atoms with E-state index in [1.807, 2.05) is 0 Å². The van der Waals surface area contributed by atoms with Crippen molar-refractivity contribution in [2.75, 3.05) is 0 Å². The van der Waals surface area contributed by atoms with E-state index in [2.05, 4.69) is 54.6 Å². The fourth-order valence-electron chi connectivity index (χ4n) is 3.65. The van der Waals surface area contributed by atoms with Gasteiger partial charge in [0.2, 0.25) is 8.32 Å². The molecule has 0 atom stereocenters. The van der Waals surface area contributed by atoms with E-state index in [4.69, 9.17) is 14.0 Å². The lowest BCUT2D eigenvalue weighted by Gasteiger charge is -2.48. The lowest BCUT2D eigenvalue weighted by Crippen LogP contribution is -2.47. The molecule has 0 aromatic carbocycles. The highest BCUT2D eigenvalue weighted by Gasteiger charge is 2.49. The summed E-state index contributed by atoms with van der Waals surface area (Å²) in [6.07, 6.45) is 0. The van der Waals surface area contributed by atoms with E-state index in [9.17, 15) is 0 Å². The molecule has 3 nitrogen and oxygen atoms in total. The van der Waals surface area contributed by atoms with E-state index >= 15 is 0 Å². The van der Waals surface area contributed by atoms with Crippen LogP contribution in [0.3, 0.4) is 0 Å². The Hall–Kier alpha value is 0.527. The van der Waals surface area contributed by atoms with Gasteiger partial charge in [0.15, 0.2) is 0 Å². The zero-order valence-electron chi connectivity index (χ0n) is 11.8. The second-order valence-corrected chi connectivity index (χ2v) is 12.1. The molecule has 0 amide bonds. The third kappa shape index (κ3) is 4.80. The lowest BCUT2D eigenvalue weighted by molar-refractivity contribution is 0.206. The molecule has 0 rings (SSSR count). The van der Waals surface area contributed by atoms with Crippen molar-refractivity contribution in [3.05, 3.63) is 0 Å². The molecule has 0 aromatic rings. The summed E-state index contributed by atoms with van der Waals surface area (Å²) < 4.78 is 5.47. The van der Waals surface area contributed by atoms with Crippen molar-refractivity contribution in [2.45, 2.75) is 60.2 Å². The van der Waals surface area contributed by atoms with E-state index in [1.54, 1.807) is 0 Å². The molecule has 0 aliphatic heterocycles. The fraction of sp³-hybridized carbons (Fsp3) is 1.00.